The number of hydrogen-bond acceptors (Lipinski definition) is 6. The Balaban J connectivity index is 1.81. The van der Waals surface area contributed by atoms with Gasteiger partial charge in [-0.05, 0) is 62.1 Å². The third kappa shape index (κ3) is 11.1. The maximum atomic E-state index is 12.9. The molecule has 1 aromatic rings. The third-order valence-electron chi connectivity index (χ3n) is 7.75. The molecule has 0 aliphatic heterocycles. The zero-order valence-corrected chi connectivity index (χ0v) is 24.1. The summed E-state index contributed by atoms with van der Waals surface area (Å²) in [5.41, 5.74) is 1.55. The van der Waals surface area contributed by atoms with E-state index in [2.05, 4.69) is 6.92 Å². The van der Waals surface area contributed by atoms with E-state index in [0.717, 1.165) is 36.8 Å². The highest BCUT2D eigenvalue weighted by atomic mass is 16.3. The highest BCUT2D eigenvalue weighted by Gasteiger charge is 2.39. The maximum absolute atomic E-state index is 12.9. The molecule has 5 N–H and O–H groups in total. The van der Waals surface area contributed by atoms with Gasteiger partial charge in [-0.2, -0.15) is 0 Å². The van der Waals surface area contributed by atoms with Crippen LogP contribution < -0.4 is 0 Å². The molecule has 1 aliphatic rings. The van der Waals surface area contributed by atoms with Crippen LogP contribution in [0.5, 0.6) is 5.75 Å². The van der Waals surface area contributed by atoms with E-state index in [1.165, 1.54) is 4.90 Å². The Labute approximate surface area is 234 Å². The molecule has 1 aromatic carbocycles. The molecule has 0 heterocycles. The number of nitrogens with zero attached hydrogens (tertiary/aromatic N) is 1. The summed E-state index contributed by atoms with van der Waals surface area (Å²) in [6, 6.07) is 5.29. The van der Waals surface area contributed by atoms with Gasteiger partial charge < -0.3 is 30.4 Å². The number of phenolic OH excluding ortho intramolecular Hbond substituents is 1. The van der Waals surface area contributed by atoms with Crippen LogP contribution in [0.25, 0.3) is 0 Å². The molecular formula is C32H51NO6. The minimum absolute atomic E-state index is 0.0916. The lowest BCUT2D eigenvalue weighted by Gasteiger charge is -2.28. The van der Waals surface area contributed by atoms with Gasteiger partial charge in [0.15, 0.2) is 0 Å². The zero-order valence-electron chi connectivity index (χ0n) is 24.1. The average molecular weight is 546 g/mol. The number of carbonyl (C=O) groups is 1. The summed E-state index contributed by atoms with van der Waals surface area (Å²) in [4.78, 5) is 14.4. The number of benzene rings is 1. The third-order valence-corrected chi connectivity index (χ3v) is 7.75. The van der Waals surface area contributed by atoms with Crippen molar-refractivity contribution in [2.75, 3.05) is 6.54 Å². The molecule has 1 amide bonds. The normalized spacial score (nSPS) is 23.1. The van der Waals surface area contributed by atoms with Crippen LogP contribution in [0.4, 0.5) is 0 Å². The molecule has 7 heteroatoms. The molecule has 1 saturated carbocycles. The second-order valence-electron chi connectivity index (χ2n) is 11.1. The summed E-state index contributed by atoms with van der Waals surface area (Å²) in [6.45, 7) is 6.38. The van der Waals surface area contributed by atoms with Crippen molar-refractivity contribution in [3.63, 3.8) is 0 Å². The number of allylic oxidation sites excluding steroid dienone is 2. The van der Waals surface area contributed by atoms with Gasteiger partial charge >= 0.3 is 0 Å². The van der Waals surface area contributed by atoms with E-state index in [9.17, 15) is 30.3 Å². The average Bonchev–Trinajstić information content (AvgIpc) is 3.17. The van der Waals surface area contributed by atoms with Gasteiger partial charge in [-0.3, -0.25) is 4.79 Å². The van der Waals surface area contributed by atoms with Crippen molar-refractivity contribution < 1.29 is 30.3 Å². The first-order valence-corrected chi connectivity index (χ1v) is 14.8. The monoisotopic (exact) mass is 545 g/mol. The smallest absolute Gasteiger partial charge is 0.224 e. The van der Waals surface area contributed by atoms with Gasteiger partial charge in [0.2, 0.25) is 5.91 Å². The summed E-state index contributed by atoms with van der Waals surface area (Å²) in [7, 11) is 0. The lowest BCUT2D eigenvalue weighted by atomic mass is 9.89. The van der Waals surface area contributed by atoms with Crippen LogP contribution in [0.2, 0.25) is 0 Å². The number of aliphatic hydroxyl groups excluding tert-OH is 4. The number of aliphatic hydroxyl groups is 4. The summed E-state index contributed by atoms with van der Waals surface area (Å²) >= 11 is 0. The number of aryl methyl sites for hydroxylation is 1. The highest BCUT2D eigenvalue weighted by molar-refractivity contribution is 5.76. The second-order valence-corrected chi connectivity index (χ2v) is 11.1. The predicted octanol–water partition coefficient (Wildman–Crippen LogP) is 4.77. The molecule has 6 atom stereocenters. The Morgan fingerprint density at radius 3 is 2.54 bits per heavy atom. The number of amides is 1. The van der Waals surface area contributed by atoms with Crippen molar-refractivity contribution in [1.82, 2.24) is 4.90 Å². The number of phenols is 1. The number of hydrogen-bond donors (Lipinski definition) is 5. The summed E-state index contributed by atoms with van der Waals surface area (Å²) in [6.07, 6.45) is 12.5. The largest absolute Gasteiger partial charge is 0.508 e. The molecule has 2 rings (SSSR count). The van der Waals surface area contributed by atoms with Crippen molar-refractivity contribution in [3.8, 4) is 5.75 Å². The minimum atomic E-state index is -0.944. The van der Waals surface area contributed by atoms with E-state index >= 15 is 0 Å². The molecule has 1 unspecified atom stereocenters. The van der Waals surface area contributed by atoms with Crippen molar-refractivity contribution in [3.05, 3.63) is 53.6 Å². The van der Waals surface area contributed by atoms with Gasteiger partial charge in [-0.1, -0.05) is 69.5 Å². The molecule has 220 valence electrons. The highest BCUT2D eigenvalue weighted by Crippen LogP contribution is 2.36. The van der Waals surface area contributed by atoms with Crippen molar-refractivity contribution in [2.45, 2.75) is 116 Å². The van der Waals surface area contributed by atoms with Crippen LogP contribution in [-0.2, 0) is 11.2 Å². The molecule has 0 bridgehead atoms. The minimum Gasteiger partial charge on any atom is -0.508 e. The molecule has 39 heavy (non-hydrogen) atoms. The Morgan fingerprint density at radius 2 is 1.85 bits per heavy atom. The van der Waals surface area contributed by atoms with Gasteiger partial charge in [-0.15, -0.1) is 0 Å². The Hall–Kier alpha value is -2.19. The quantitative estimate of drug-likeness (QED) is 0.109. The second kappa shape index (κ2) is 17.5. The summed E-state index contributed by atoms with van der Waals surface area (Å²) < 4.78 is 0. The standard InChI is InChI=1S/C32H51NO6/c1-4-6-9-12-25(34)17-18-27-26(29(36)22-30(27)37)13-10-7-8-11-14-31(38)33(19-5-2)32(39)21-24-16-15-23(3)28(35)20-24/h7,10,15-18,20,25-27,29-30,32,34-37,39H,4-6,8-9,11-14,19,21-22H2,1-3H3/b10-7-,18-17+/t25-,26+,27+,29-,30+,32?/m0/s1. The van der Waals surface area contributed by atoms with Gasteiger partial charge in [-0.25, -0.2) is 0 Å². The van der Waals surface area contributed by atoms with E-state index in [4.69, 9.17) is 0 Å². The lowest BCUT2D eigenvalue weighted by Crippen LogP contribution is -2.42. The van der Waals surface area contributed by atoms with Crippen LogP contribution in [0, 0.1) is 18.8 Å². The van der Waals surface area contributed by atoms with E-state index < -0.39 is 24.5 Å². The predicted molar refractivity (Wildman–Crippen MR) is 155 cm³/mol. The number of unbranched alkanes of at least 4 members (excludes halogenated alkanes) is 3. The van der Waals surface area contributed by atoms with Crippen molar-refractivity contribution >= 4 is 5.91 Å². The Kier molecular flexibility index (Phi) is 14.8. The first-order valence-electron chi connectivity index (χ1n) is 14.8. The molecule has 1 aliphatic carbocycles. The molecule has 0 saturated heterocycles. The van der Waals surface area contributed by atoms with E-state index in [0.29, 0.717) is 45.1 Å². The number of carbonyl (C=O) groups excluding carboxylic acids is 1. The summed E-state index contributed by atoms with van der Waals surface area (Å²) in [5, 5.41) is 51.8. The first kappa shape index (κ1) is 33.0. The van der Waals surface area contributed by atoms with Gasteiger partial charge in [0.1, 0.15) is 12.0 Å². The molecule has 7 nitrogen and oxygen atoms in total. The Bertz CT molecular complexity index is 916. The van der Waals surface area contributed by atoms with Crippen LogP contribution in [0.3, 0.4) is 0 Å². The molecule has 1 fully saturated rings. The lowest BCUT2D eigenvalue weighted by molar-refractivity contribution is -0.141. The van der Waals surface area contributed by atoms with E-state index in [1.807, 2.05) is 38.1 Å². The fourth-order valence-electron chi connectivity index (χ4n) is 5.33. The molecular weight excluding hydrogens is 494 g/mol. The van der Waals surface area contributed by atoms with Crippen LogP contribution in [-0.4, -0.2) is 67.4 Å². The fourth-order valence-corrected chi connectivity index (χ4v) is 5.33. The fraction of sp³-hybridized carbons (Fsp3) is 0.656. The van der Waals surface area contributed by atoms with Gasteiger partial charge in [0, 0.05) is 31.7 Å². The van der Waals surface area contributed by atoms with Crippen LogP contribution in [0.15, 0.2) is 42.5 Å². The Morgan fingerprint density at radius 1 is 1.08 bits per heavy atom. The molecule has 0 radical (unpaired) electrons. The van der Waals surface area contributed by atoms with E-state index in [-0.39, 0.29) is 29.9 Å². The number of aromatic hydroxyl groups is 1. The number of rotatable bonds is 17. The van der Waals surface area contributed by atoms with Crippen LogP contribution in [0.1, 0.15) is 89.2 Å². The molecule has 0 spiro atoms. The molecule has 0 aromatic heterocycles. The van der Waals surface area contributed by atoms with Crippen molar-refractivity contribution in [1.29, 1.82) is 0 Å². The summed E-state index contributed by atoms with van der Waals surface area (Å²) in [5.74, 6) is -0.201. The van der Waals surface area contributed by atoms with Gasteiger partial charge in [0.05, 0.1) is 18.3 Å². The maximum Gasteiger partial charge on any atom is 0.224 e. The van der Waals surface area contributed by atoms with Gasteiger partial charge in [0.25, 0.3) is 0 Å². The van der Waals surface area contributed by atoms with Crippen molar-refractivity contribution in [2.24, 2.45) is 11.8 Å². The SMILES string of the molecule is CCCCC[C@H](O)/C=C/[C@@H]1[C@@H](C/C=C\CCCC(=O)N(CCC)C(O)Cc2ccc(C)c(O)c2)[C@@H](O)C[C@H]1O. The zero-order chi connectivity index (χ0) is 28.8. The van der Waals surface area contributed by atoms with Crippen LogP contribution >= 0.6 is 0 Å². The topological polar surface area (TPSA) is 121 Å². The first-order chi connectivity index (χ1) is 18.7. The van der Waals surface area contributed by atoms with E-state index in [1.54, 1.807) is 18.2 Å².